The van der Waals surface area contributed by atoms with Crippen LogP contribution in [0.1, 0.15) is 41.5 Å². The normalized spacial score (nSPS) is 10.5. The van der Waals surface area contributed by atoms with Crippen LogP contribution in [0, 0.1) is 0 Å². The van der Waals surface area contributed by atoms with Crippen molar-refractivity contribution in [2.75, 3.05) is 12.3 Å². The van der Waals surface area contributed by atoms with Crippen LogP contribution < -0.4 is 5.32 Å². The molecule has 0 heterocycles. The summed E-state index contributed by atoms with van der Waals surface area (Å²) in [6, 6.07) is 0. The van der Waals surface area contributed by atoms with E-state index in [0.717, 1.165) is 25.1 Å². The average Bonchev–Trinajstić information content (AvgIpc) is 2.08. The number of hydrogen-bond donors (Lipinski definition) is 1. The smallest absolute Gasteiger partial charge is 0.220 e. The molecule has 0 radical (unpaired) electrons. The van der Waals surface area contributed by atoms with Crippen molar-refractivity contribution in [3.8, 4) is 0 Å². The maximum absolute atomic E-state index is 11.1. The summed E-state index contributed by atoms with van der Waals surface area (Å²) in [6.45, 7) is 7.25. The van der Waals surface area contributed by atoms with Crippen molar-refractivity contribution in [1.82, 2.24) is 5.32 Å². The summed E-state index contributed by atoms with van der Waals surface area (Å²) in [5.41, 5.74) is 0. The molecule has 0 fully saturated rings. The lowest BCUT2D eigenvalue weighted by Crippen LogP contribution is -2.25. The number of nitrogens with one attached hydrogen (secondary N) is 1. The Labute approximate surface area is 87.3 Å². The lowest BCUT2D eigenvalue weighted by molar-refractivity contribution is -0.121. The Bertz CT molecular complexity index is 142. The van der Waals surface area contributed by atoms with Crippen LogP contribution in [0.3, 0.4) is 0 Å². The van der Waals surface area contributed by atoms with Gasteiger partial charge in [0, 0.05) is 20.1 Å². The first kappa shape index (κ1) is 12.8. The first-order valence-corrected chi connectivity index (χ1v) is 6.10. The number of carbonyl (C=O) groups is 1. The van der Waals surface area contributed by atoms with Crippen molar-refractivity contribution < 1.29 is 6.22 Å². The van der Waals surface area contributed by atoms with E-state index >= 15 is 0 Å². The Balaban J connectivity index is 0. The predicted molar refractivity (Wildman–Crippen MR) is 62.2 cm³/mol. The van der Waals surface area contributed by atoms with Gasteiger partial charge in [0.1, 0.15) is 0 Å². The second-order valence-electron chi connectivity index (χ2n) is 3.37. The average molecular weight is 205 g/mol. The van der Waals surface area contributed by atoms with E-state index in [2.05, 4.69) is 26.1 Å². The second-order valence-corrected chi connectivity index (χ2v) is 5.06. The molecule has 0 unspecified atom stereocenters. The highest BCUT2D eigenvalue weighted by molar-refractivity contribution is 7.99. The van der Waals surface area contributed by atoms with E-state index in [0.29, 0.717) is 11.7 Å². The molecule has 0 aliphatic rings. The van der Waals surface area contributed by atoms with Gasteiger partial charge in [0.2, 0.25) is 5.91 Å². The van der Waals surface area contributed by atoms with E-state index in [9.17, 15) is 4.79 Å². The van der Waals surface area contributed by atoms with Gasteiger partial charge in [-0.2, -0.15) is 11.8 Å². The Morgan fingerprint density at radius 3 is 2.77 bits per heavy atom. The Hall–Kier alpha value is -0.180. The Morgan fingerprint density at radius 1 is 1.54 bits per heavy atom. The lowest BCUT2D eigenvalue weighted by Gasteiger charge is -2.06. The fourth-order valence-electron chi connectivity index (χ4n) is 0.911. The topological polar surface area (TPSA) is 29.1 Å². The van der Waals surface area contributed by atoms with E-state index in [1.807, 2.05) is 11.8 Å². The predicted octanol–water partition coefficient (Wildman–Crippen LogP) is 2.68. The molecule has 0 bridgehead atoms. The van der Waals surface area contributed by atoms with Gasteiger partial charge in [0.15, 0.2) is 0 Å². The molecule has 0 saturated carbocycles. The number of rotatable bonds is 7. The van der Waals surface area contributed by atoms with Gasteiger partial charge in [-0.25, -0.2) is 0 Å². The van der Waals surface area contributed by atoms with Crippen molar-refractivity contribution >= 4 is 17.7 Å². The molecule has 0 spiro atoms. The lowest BCUT2D eigenvalue weighted by atomic mass is 10.2. The van der Waals surface area contributed by atoms with Crippen LogP contribution in [0.5, 0.6) is 0 Å². The number of hydrogen-bond acceptors (Lipinski definition) is 2. The van der Waals surface area contributed by atoms with Crippen LogP contribution in [0.2, 0.25) is 0 Å². The SMILES string of the molecule is CCCCC(=O)NCCSC(C)C.[HH]. The number of thioether (sulfide) groups is 1. The van der Waals surface area contributed by atoms with Gasteiger partial charge >= 0.3 is 0 Å². The second kappa shape index (κ2) is 8.42. The third kappa shape index (κ3) is 9.74. The molecule has 0 aromatic carbocycles. The Morgan fingerprint density at radius 2 is 2.23 bits per heavy atom. The minimum atomic E-state index is 0. The third-order valence-electron chi connectivity index (χ3n) is 1.63. The van der Waals surface area contributed by atoms with Gasteiger partial charge in [-0.05, 0) is 11.7 Å². The number of carbonyl (C=O) groups excluding carboxylic acids is 1. The largest absolute Gasteiger partial charge is 0.355 e. The molecule has 13 heavy (non-hydrogen) atoms. The zero-order valence-corrected chi connectivity index (χ0v) is 9.75. The summed E-state index contributed by atoms with van der Waals surface area (Å²) >= 11 is 1.88. The zero-order valence-electron chi connectivity index (χ0n) is 8.93. The number of unbranched alkanes of at least 4 members (excludes halogenated alkanes) is 1. The summed E-state index contributed by atoms with van der Waals surface area (Å²) in [7, 11) is 0. The van der Waals surface area contributed by atoms with Crippen LogP contribution in [-0.2, 0) is 4.79 Å². The molecule has 0 aliphatic heterocycles. The van der Waals surface area contributed by atoms with Crippen molar-refractivity contribution in [3.63, 3.8) is 0 Å². The molecule has 0 atom stereocenters. The van der Waals surface area contributed by atoms with Crippen LogP contribution in [0.25, 0.3) is 0 Å². The maximum Gasteiger partial charge on any atom is 0.220 e. The molecule has 3 heteroatoms. The molecule has 2 nitrogen and oxygen atoms in total. The summed E-state index contributed by atoms with van der Waals surface area (Å²) in [4.78, 5) is 11.1. The standard InChI is InChI=1S/C10H21NOS.H2/c1-4-5-6-10(12)11-7-8-13-9(2)3;/h9H,4-8H2,1-3H3,(H,11,12);1H. The zero-order chi connectivity index (χ0) is 10.1. The quantitative estimate of drug-likeness (QED) is 0.647. The molecule has 0 saturated heterocycles. The van der Waals surface area contributed by atoms with Gasteiger partial charge in [0.25, 0.3) is 0 Å². The summed E-state index contributed by atoms with van der Waals surface area (Å²) in [5, 5.41) is 3.57. The maximum atomic E-state index is 11.1. The van der Waals surface area contributed by atoms with E-state index in [1.54, 1.807) is 0 Å². The van der Waals surface area contributed by atoms with Gasteiger partial charge in [0.05, 0.1) is 0 Å². The molecule has 0 rings (SSSR count). The third-order valence-corrected chi connectivity index (χ3v) is 2.74. The summed E-state index contributed by atoms with van der Waals surface area (Å²) in [6.07, 6.45) is 2.78. The summed E-state index contributed by atoms with van der Waals surface area (Å²) < 4.78 is 0. The molecular formula is C10H23NOS. The molecule has 0 aromatic heterocycles. The van der Waals surface area contributed by atoms with Crippen LogP contribution in [-0.4, -0.2) is 23.5 Å². The van der Waals surface area contributed by atoms with Crippen LogP contribution in [0.4, 0.5) is 0 Å². The van der Waals surface area contributed by atoms with Gasteiger partial charge in [-0.15, -0.1) is 0 Å². The van der Waals surface area contributed by atoms with Crippen molar-refractivity contribution in [3.05, 3.63) is 0 Å². The minimum absolute atomic E-state index is 0. The molecule has 1 amide bonds. The van der Waals surface area contributed by atoms with E-state index in [1.165, 1.54) is 0 Å². The van der Waals surface area contributed by atoms with E-state index < -0.39 is 0 Å². The highest BCUT2D eigenvalue weighted by Gasteiger charge is 1.99. The monoisotopic (exact) mass is 205 g/mol. The van der Waals surface area contributed by atoms with E-state index in [4.69, 9.17) is 0 Å². The van der Waals surface area contributed by atoms with Crippen molar-refractivity contribution in [2.45, 2.75) is 45.3 Å². The molecule has 0 aliphatic carbocycles. The first-order chi connectivity index (χ1) is 6.16. The van der Waals surface area contributed by atoms with Crippen molar-refractivity contribution in [1.29, 1.82) is 0 Å². The minimum Gasteiger partial charge on any atom is -0.355 e. The molecule has 0 aromatic rings. The fraction of sp³-hybridized carbons (Fsp3) is 0.900. The van der Waals surface area contributed by atoms with Crippen LogP contribution >= 0.6 is 11.8 Å². The molecular weight excluding hydrogens is 182 g/mol. The summed E-state index contributed by atoms with van der Waals surface area (Å²) in [5.74, 6) is 1.22. The van der Waals surface area contributed by atoms with Crippen LogP contribution in [0.15, 0.2) is 0 Å². The van der Waals surface area contributed by atoms with Gasteiger partial charge < -0.3 is 5.32 Å². The van der Waals surface area contributed by atoms with E-state index in [-0.39, 0.29) is 7.33 Å². The molecule has 1 N–H and O–H groups in total. The number of amides is 1. The highest BCUT2D eigenvalue weighted by Crippen LogP contribution is 2.06. The Kier molecular flexibility index (Phi) is 8.30. The highest BCUT2D eigenvalue weighted by atomic mass is 32.2. The molecule has 80 valence electrons. The fourth-order valence-corrected chi connectivity index (χ4v) is 1.60. The van der Waals surface area contributed by atoms with Crippen molar-refractivity contribution in [2.24, 2.45) is 0 Å². The van der Waals surface area contributed by atoms with Gasteiger partial charge in [-0.1, -0.05) is 27.2 Å². The van der Waals surface area contributed by atoms with Gasteiger partial charge in [-0.3, -0.25) is 4.79 Å². The first-order valence-electron chi connectivity index (χ1n) is 5.05.